The predicted molar refractivity (Wildman–Crippen MR) is 113 cm³/mol. The molecule has 0 spiro atoms. The minimum atomic E-state index is -0.405. The van der Waals surface area contributed by atoms with E-state index >= 15 is 0 Å². The van der Waals surface area contributed by atoms with Gasteiger partial charge in [-0.1, -0.05) is 29.8 Å². The van der Waals surface area contributed by atoms with E-state index in [2.05, 4.69) is 15.7 Å². The fourth-order valence-corrected chi connectivity index (χ4v) is 3.19. The maximum Gasteiger partial charge on any atom is 0.278 e. The van der Waals surface area contributed by atoms with Crippen molar-refractivity contribution in [3.05, 3.63) is 71.0 Å². The number of benzene rings is 2. The van der Waals surface area contributed by atoms with Gasteiger partial charge in [0.15, 0.2) is 5.69 Å². The van der Waals surface area contributed by atoms with Gasteiger partial charge in [-0.15, -0.1) is 11.8 Å². The monoisotopic (exact) mass is 414 g/mol. The number of hydrogen-bond acceptors (Lipinski definition) is 4. The van der Waals surface area contributed by atoms with Gasteiger partial charge in [-0.2, -0.15) is 5.10 Å². The molecular weight excluding hydrogens is 396 g/mol. The first-order valence-electron chi connectivity index (χ1n) is 8.60. The van der Waals surface area contributed by atoms with E-state index in [1.807, 2.05) is 37.4 Å². The first kappa shape index (κ1) is 20.0. The lowest BCUT2D eigenvalue weighted by molar-refractivity contribution is 0.102. The van der Waals surface area contributed by atoms with Crippen LogP contribution in [0.3, 0.4) is 0 Å². The number of hydrogen-bond donors (Lipinski definition) is 2. The molecule has 3 rings (SSSR count). The van der Waals surface area contributed by atoms with Crippen LogP contribution < -0.4 is 10.6 Å². The first-order chi connectivity index (χ1) is 13.5. The van der Waals surface area contributed by atoms with Crippen LogP contribution in [0.25, 0.3) is 0 Å². The molecule has 0 aliphatic carbocycles. The Labute approximate surface area is 172 Å². The SMILES string of the molecule is CCn1cc(NC(=O)c2cc(SC)ccc2Cl)c(C(=O)Nc2ccccc2)n1. The average molecular weight is 415 g/mol. The summed E-state index contributed by atoms with van der Waals surface area (Å²) in [4.78, 5) is 26.4. The molecule has 28 heavy (non-hydrogen) atoms. The molecule has 0 aliphatic heterocycles. The zero-order valence-corrected chi connectivity index (χ0v) is 17.0. The van der Waals surface area contributed by atoms with Crippen molar-refractivity contribution in [2.45, 2.75) is 18.4 Å². The van der Waals surface area contributed by atoms with Gasteiger partial charge in [-0.05, 0) is 43.5 Å². The second-order valence-corrected chi connectivity index (χ2v) is 7.15. The van der Waals surface area contributed by atoms with Gasteiger partial charge in [0.25, 0.3) is 11.8 Å². The lowest BCUT2D eigenvalue weighted by Crippen LogP contribution is -2.18. The highest BCUT2D eigenvalue weighted by molar-refractivity contribution is 7.98. The molecule has 144 valence electrons. The third kappa shape index (κ3) is 4.55. The number of carbonyl (C=O) groups is 2. The number of aryl methyl sites for hydroxylation is 1. The highest BCUT2D eigenvalue weighted by Gasteiger charge is 2.20. The Balaban J connectivity index is 1.87. The van der Waals surface area contributed by atoms with Gasteiger partial charge in [0.2, 0.25) is 0 Å². The van der Waals surface area contributed by atoms with Crippen LogP contribution in [-0.2, 0) is 6.54 Å². The van der Waals surface area contributed by atoms with E-state index < -0.39 is 11.8 Å². The second kappa shape index (κ2) is 8.95. The summed E-state index contributed by atoms with van der Waals surface area (Å²) in [6.45, 7) is 2.46. The quantitative estimate of drug-likeness (QED) is 0.569. The van der Waals surface area contributed by atoms with Crippen LogP contribution >= 0.6 is 23.4 Å². The zero-order chi connectivity index (χ0) is 20.1. The van der Waals surface area contributed by atoms with Crippen molar-refractivity contribution in [3.8, 4) is 0 Å². The number of para-hydroxylation sites is 1. The van der Waals surface area contributed by atoms with Crippen molar-refractivity contribution in [3.63, 3.8) is 0 Å². The topological polar surface area (TPSA) is 76.0 Å². The first-order valence-corrected chi connectivity index (χ1v) is 10.2. The van der Waals surface area contributed by atoms with Gasteiger partial charge in [-0.25, -0.2) is 0 Å². The van der Waals surface area contributed by atoms with E-state index in [0.717, 1.165) is 4.90 Å². The number of aromatic nitrogens is 2. The van der Waals surface area contributed by atoms with E-state index in [-0.39, 0.29) is 5.69 Å². The Bertz CT molecular complexity index is 1000. The summed E-state index contributed by atoms with van der Waals surface area (Å²) < 4.78 is 1.59. The maximum atomic E-state index is 12.8. The van der Waals surface area contributed by atoms with Crippen LogP contribution in [0.2, 0.25) is 5.02 Å². The average Bonchev–Trinajstić information content (AvgIpc) is 3.12. The Morgan fingerprint density at radius 2 is 1.86 bits per heavy atom. The minimum Gasteiger partial charge on any atom is -0.321 e. The third-order valence-electron chi connectivity index (χ3n) is 4.00. The molecule has 0 saturated carbocycles. The number of thioether (sulfide) groups is 1. The number of carbonyl (C=O) groups excluding carboxylic acids is 2. The Morgan fingerprint density at radius 3 is 2.54 bits per heavy atom. The van der Waals surface area contributed by atoms with Gasteiger partial charge in [-0.3, -0.25) is 14.3 Å². The molecule has 2 amide bonds. The summed E-state index contributed by atoms with van der Waals surface area (Å²) in [7, 11) is 0. The Kier molecular flexibility index (Phi) is 6.38. The molecule has 0 fully saturated rings. The minimum absolute atomic E-state index is 0.135. The molecule has 0 bridgehead atoms. The fourth-order valence-electron chi connectivity index (χ4n) is 2.55. The normalized spacial score (nSPS) is 10.5. The molecule has 0 saturated heterocycles. The van der Waals surface area contributed by atoms with Crippen LogP contribution in [0.5, 0.6) is 0 Å². The van der Waals surface area contributed by atoms with Crippen molar-refractivity contribution in [1.29, 1.82) is 0 Å². The van der Waals surface area contributed by atoms with Gasteiger partial charge in [0.05, 0.1) is 16.3 Å². The van der Waals surface area contributed by atoms with Crippen molar-refractivity contribution >= 4 is 46.6 Å². The Hall–Kier alpha value is -2.77. The number of rotatable bonds is 6. The van der Waals surface area contributed by atoms with E-state index in [1.54, 1.807) is 35.1 Å². The summed E-state index contributed by atoms with van der Waals surface area (Å²) >= 11 is 7.70. The van der Waals surface area contributed by atoms with E-state index in [9.17, 15) is 9.59 Å². The van der Waals surface area contributed by atoms with Crippen LogP contribution in [0.1, 0.15) is 27.8 Å². The molecular formula is C20H19ClN4O2S. The number of nitrogens with zero attached hydrogens (tertiary/aromatic N) is 2. The summed E-state index contributed by atoms with van der Waals surface area (Å²) in [5, 5.41) is 10.2. The lowest BCUT2D eigenvalue weighted by atomic mass is 10.2. The second-order valence-electron chi connectivity index (χ2n) is 5.87. The lowest BCUT2D eigenvalue weighted by Gasteiger charge is -2.08. The van der Waals surface area contributed by atoms with Crippen LogP contribution in [0, 0.1) is 0 Å². The molecule has 6 nitrogen and oxygen atoms in total. The predicted octanol–water partition coefficient (Wildman–Crippen LogP) is 4.78. The van der Waals surface area contributed by atoms with Crippen LogP contribution in [0.15, 0.2) is 59.6 Å². The molecule has 0 unspecified atom stereocenters. The molecule has 1 heterocycles. The number of nitrogens with one attached hydrogen (secondary N) is 2. The van der Waals surface area contributed by atoms with Crippen molar-refractivity contribution in [2.24, 2.45) is 0 Å². The van der Waals surface area contributed by atoms with Crippen molar-refractivity contribution < 1.29 is 9.59 Å². The van der Waals surface area contributed by atoms with Crippen molar-refractivity contribution in [2.75, 3.05) is 16.9 Å². The smallest absolute Gasteiger partial charge is 0.278 e. The van der Waals surface area contributed by atoms with E-state index in [0.29, 0.717) is 28.5 Å². The summed E-state index contributed by atoms with van der Waals surface area (Å²) in [5.74, 6) is -0.803. The highest BCUT2D eigenvalue weighted by atomic mass is 35.5. The number of anilines is 2. The molecule has 8 heteroatoms. The van der Waals surface area contributed by atoms with E-state index in [1.165, 1.54) is 11.8 Å². The highest BCUT2D eigenvalue weighted by Crippen LogP contribution is 2.25. The Morgan fingerprint density at radius 1 is 1.11 bits per heavy atom. The van der Waals surface area contributed by atoms with E-state index in [4.69, 9.17) is 11.6 Å². The molecule has 0 radical (unpaired) electrons. The van der Waals surface area contributed by atoms with Crippen LogP contribution in [-0.4, -0.2) is 27.9 Å². The molecule has 0 atom stereocenters. The number of amides is 2. The molecule has 1 aromatic heterocycles. The fraction of sp³-hybridized carbons (Fsp3) is 0.150. The maximum absolute atomic E-state index is 12.8. The summed E-state index contributed by atoms with van der Waals surface area (Å²) in [6, 6.07) is 14.3. The zero-order valence-electron chi connectivity index (χ0n) is 15.4. The summed E-state index contributed by atoms with van der Waals surface area (Å²) in [6.07, 6.45) is 3.55. The van der Waals surface area contributed by atoms with Gasteiger partial charge in [0.1, 0.15) is 0 Å². The standard InChI is InChI=1S/C20H19ClN4O2S/c1-3-25-12-17(18(24-25)20(27)22-13-7-5-4-6-8-13)23-19(26)15-11-14(28-2)9-10-16(15)21/h4-12H,3H2,1-2H3,(H,22,27)(H,23,26). The van der Waals surface area contributed by atoms with Gasteiger partial charge < -0.3 is 10.6 Å². The van der Waals surface area contributed by atoms with Crippen molar-refractivity contribution in [1.82, 2.24) is 9.78 Å². The number of halogens is 1. The molecule has 2 N–H and O–H groups in total. The van der Waals surface area contributed by atoms with Crippen LogP contribution in [0.4, 0.5) is 11.4 Å². The molecule has 2 aromatic carbocycles. The molecule has 0 aliphatic rings. The largest absolute Gasteiger partial charge is 0.321 e. The van der Waals surface area contributed by atoms with Gasteiger partial charge in [0, 0.05) is 23.3 Å². The summed E-state index contributed by atoms with van der Waals surface area (Å²) in [5.41, 5.74) is 1.45. The molecule has 3 aromatic rings. The third-order valence-corrected chi connectivity index (χ3v) is 5.05. The van der Waals surface area contributed by atoms with Gasteiger partial charge >= 0.3 is 0 Å².